The first-order chi connectivity index (χ1) is 19.6. The Morgan fingerprint density at radius 2 is 1.78 bits per heavy atom. The van der Waals surface area contributed by atoms with Crippen molar-refractivity contribution in [2.75, 3.05) is 56.0 Å². The van der Waals surface area contributed by atoms with Gasteiger partial charge in [-0.2, -0.15) is 10.4 Å². The van der Waals surface area contributed by atoms with Crippen LogP contribution in [0.2, 0.25) is 0 Å². The highest BCUT2D eigenvalue weighted by molar-refractivity contribution is 5.96. The van der Waals surface area contributed by atoms with Gasteiger partial charge < -0.3 is 15.1 Å². The number of fused-ring (bicyclic) bond motifs is 1. The number of aromatic amines is 1. The Morgan fingerprint density at radius 1 is 1.02 bits per heavy atom. The van der Waals surface area contributed by atoms with Crippen molar-refractivity contribution in [2.45, 2.75) is 13.8 Å². The number of nitrogens with one attached hydrogen (secondary N) is 2. The molecule has 4 heterocycles. The molecule has 2 aromatic heterocycles. The highest BCUT2D eigenvalue weighted by Crippen LogP contribution is 2.24. The van der Waals surface area contributed by atoms with E-state index >= 15 is 0 Å². The van der Waals surface area contributed by atoms with Crippen LogP contribution in [-0.2, 0) is 9.59 Å². The number of nitriles is 1. The van der Waals surface area contributed by atoms with Gasteiger partial charge in [-0.05, 0) is 61.5 Å². The molecule has 4 aromatic rings. The summed E-state index contributed by atoms with van der Waals surface area (Å²) in [6.07, 6.45) is 4.17. The lowest BCUT2D eigenvalue weighted by atomic mass is 10.1. The zero-order valence-electron chi connectivity index (χ0n) is 22.0. The number of H-pyrrole nitrogens is 1. The largest absolute Gasteiger partial charge is 0.368 e. The number of nitrogens with zero attached hydrogens (tertiary/aromatic N) is 7. The molecule has 1 atom stereocenters. The number of hydrogen-bond donors (Lipinski definition) is 2. The zero-order chi connectivity index (χ0) is 27.5. The lowest BCUT2D eigenvalue weighted by Gasteiger charge is -2.36. The van der Waals surface area contributed by atoms with Crippen molar-refractivity contribution in [3.05, 3.63) is 66.6 Å². The summed E-state index contributed by atoms with van der Waals surface area (Å²) in [4.78, 5) is 40.8. The van der Waals surface area contributed by atoms with Crippen LogP contribution in [-0.4, -0.2) is 87.6 Å². The van der Waals surface area contributed by atoms with Gasteiger partial charge in [-0.1, -0.05) is 7.43 Å². The lowest BCUT2D eigenvalue weighted by molar-refractivity contribution is -0.132. The second-order valence-corrected chi connectivity index (χ2v) is 10.1. The summed E-state index contributed by atoms with van der Waals surface area (Å²) >= 11 is 0. The van der Waals surface area contributed by atoms with Crippen LogP contribution in [0.4, 0.5) is 11.4 Å². The number of carbonyl (C=O) groups excluding carboxylic acids is 2. The number of piperazine rings is 1. The van der Waals surface area contributed by atoms with E-state index in [-0.39, 0.29) is 25.2 Å². The summed E-state index contributed by atoms with van der Waals surface area (Å²) in [5.41, 5.74) is 3.77. The summed E-state index contributed by atoms with van der Waals surface area (Å²) in [7, 11) is 0. The van der Waals surface area contributed by atoms with Crippen LogP contribution >= 0.6 is 0 Å². The van der Waals surface area contributed by atoms with Crippen LogP contribution in [0.5, 0.6) is 0 Å². The number of carbonyl (C=O) groups is 2. The summed E-state index contributed by atoms with van der Waals surface area (Å²) in [5.74, 6) is 0.543. The number of aromatic nitrogens is 4. The number of hydrogen-bond acceptors (Lipinski definition) is 8. The predicted octanol–water partition coefficient (Wildman–Crippen LogP) is 3.14. The first kappa shape index (κ1) is 27.7. The van der Waals surface area contributed by atoms with Gasteiger partial charge in [0.2, 0.25) is 11.8 Å². The number of rotatable bonds is 6. The Labute approximate surface area is 238 Å². The minimum atomic E-state index is -0.190. The van der Waals surface area contributed by atoms with E-state index in [0.29, 0.717) is 61.7 Å². The lowest BCUT2D eigenvalue weighted by Crippen LogP contribution is -2.51. The van der Waals surface area contributed by atoms with Crippen molar-refractivity contribution in [1.82, 2.24) is 30.0 Å². The molecule has 0 saturated carbocycles. The molecular formula is C30H33N9O2. The predicted molar refractivity (Wildman–Crippen MR) is 157 cm³/mol. The summed E-state index contributed by atoms with van der Waals surface area (Å²) in [6.45, 7) is 4.46. The monoisotopic (exact) mass is 551 g/mol. The van der Waals surface area contributed by atoms with Crippen molar-refractivity contribution >= 4 is 34.1 Å². The Kier molecular flexibility index (Phi) is 8.21. The molecule has 0 radical (unpaired) electrons. The zero-order valence-corrected chi connectivity index (χ0v) is 22.0. The maximum Gasteiger partial charge on any atom is 0.236 e. The maximum atomic E-state index is 13.0. The molecule has 0 bridgehead atoms. The van der Waals surface area contributed by atoms with Gasteiger partial charge in [0.25, 0.3) is 0 Å². The molecule has 2 fully saturated rings. The van der Waals surface area contributed by atoms with Crippen LogP contribution in [0.25, 0.3) is 22.3 Å². The van der Waals surface area contributed by atoms with Crippen molar-refractivity contribution in [1.29, 1.82) is 5.26 Å². The van der Waals surface area contributed by atoms with Gasteiger partial charge in [0.15, 0.2) is 11.5 Å². The van der Waals surface area contributed by atoms with Gasteiger partial charge in [-0.3, -0.25) is 19.6 Å². The van der Waals surface area contributed by atoms with E-state index in [4.69, 9.17) is 0 Å². The maximum absolute atomic E-state index is 13.0. The van der Waals surface area contributed by atoms with E-state index in [1.165, 1.54) is 0 Å². The Morgan fingerprint density at radius 3 is 2.51 bits per heavy atom. The standard InChI is InChI=1S/C29H29N9O2.CH4/c30-17-26-24-16-22(4-7-25(24)34-35-26)33-29(40)21-8-11-36(18-21)19-27(39)38-14-12-37(13-15-38)23-5-2-20(3-6-23)28-31-9-1-10-32-28;/h1-7,9-10,16,21H,8,11-15,18-19H2,(H,33,40)(H,34,35);1H4/t21-;/m1./s1. The average Bonchev–Trinajstić information content (AvgIpc) is 3.64. The molecule has 210 valence electrons. The molecule has 2 aliphatic heterocycles. The molecule has 11 heteroatoms. The second kappa shape index (κ2) is 12.1. The average molecular weight is 552 g/mol. The van der Waals surface area contributed by atoms with Crippen LogP contribution < -0.4 is 10.2 Å². The van der Waals surface area contributed by atoms with Crippen molar-refractivity contribution in [3.8, 4) is 17.5 Å². The van der Waals surface area contributed by atoms with Gasteiger partial charge in [0, 0.05) is 67.4 Å². The molecule has 2 saturated heterocycles. The molecule has 2 N–H and O–H groups in total. The molecular weight excluding hydrogens is 518 g/mol. The minimum Gasteiger partial charge on any atom is -0.368 e. The van der Waals surface area contributed by atoms with E-state index in [1.54, 1.807) is 36.7 Å². The third kappa shape index (κ3) is 6.02. The quantitative estimate of drug-likeness (QED) is 0.373. The fourth-order valence-electron chi connectivity index (χ4n) is 5.39. The first-order valence-corrected chi connectivity index (χ1v) is 13.4. The number of anilines is 2. The summed E-state index contributed by atoms with van der Waals surface area (Å²) < 4.78 is 0. The molecule has 2 aliphatic rings. The van der Waals surface area contributed by atoms with E-state index in [1.807, 2.05) is 17.0 Å². The highest BCUT2D eigenvalue weighted by atomic mass is 16.2. The van der Waals surface area contributed by atoms with Gasteiger partial charge >= 0.3 is 0 Å². The summed E-state index contributed by atoms with van der Waals surface area (Å²) in [6, 6.07) is 17.4. The van der Waals surface area contributed by atoms with E-state index in [9.17, 15) is 14.9 Å². The number of likely N-dealkylation sites (tertiary alicyclic amines) is 1. The Balaban J connectivity index is 0.00000337. The van der Waals surface area contributed by atoms with Crippen LogP contribution in [0.15, 0.2) is 60.9 Å². The van der Waals surface area contributed by atoms with Gasteiger partial charge in [-0.15, -0.1) is 0 Å². The number of benzene rings is 2. The van der Waals surface area contributed by atoms with Crippen LogP contribution in [0.1, 0.15) is 19.5 Å². The first-order valence-electron chi connectivity index (χ1n) is 13.4. The topological polar surface area (TPSA) is 134 Å². The molecule has 6 rings (SSSR count). The van der Waals surface area contributed by atoms with Crippen LogP contribution in [0.3, 0.4) is 0 Å². The smallest absolute Gasteiger partial charge is 0.236 e. The van der Waals surface area contributed by atoms with Crippen molar-refractivity contribution in [2.24, 2.45) is 5.92 Å². The van der Waals surface area contributed by atoms with E-state index in [2.05, 4.69) is 53.5 Å². The Bertz CT molecular complexity index is 1550. The van der Waals surface area contributed by atoms with E-state index in [0.717, 1.165) is 29.9 Å². The normalized spacial score (nSPS) is 17.2. The second-order valence-electron chi connectivity index (χ2n) is 10.1. The Hall–Kier alpha value is -4.82. The molecule has 0 unspecified atom stereocenters. The molecule has 41 heavy (non-hydrogen) atoms. The fraction of sp³-hybridized carbons (Fsp3) is 0.333. The third-order valence-corrected chi connectivity index (χ3v) is 7.63. The van der Waals surface area contributed by atoms with Crippen LogP contribution in [0, 0.1) is 17.2 Å². The molecule has 0 aliphatic carbocycles. The molecule has 0 spiro atoms. The minimum absolute atomic E-state index is 0. The molecule has 11 nitrogen and oxygen atoms in total. The van der Waals surface area contributed by atoms with Crippen molar-refractivity contribution < 1.29 is 9.59 Å². The van der Waals surface area contributed by atoms with Gasteiger partial charge in [0.05, 0.1) is 18.0 Å². The van der Waals surface area contributed by atoms with Gasteiger partial charge in [0.1, 0.15) is 6.07 Å². The fourth-order valence-corrected chi connectivity index (χ4v) is 5.39. The van der Waals surface area contributed by atoms with Gasteiger partial charge in [-0.25, -0.2) is 9.97 Å². The summed E-state index contributed by atoms with van der Waals surface area (Å²) in [5, 5.41) is 19.6. The highest BCUT2D eigenvalue weighted by Gasteiger charge is 2.31. The number of amides is 2. The third-order valence-electron chi connectivity index (χ3n) is 7.63. The molecule has 2 aromatic carbocycles. The SMILES string of the molecule is C.N#Cc1n[nH]c2ccc(NC(=O)[C@@H]3CCN(CC(=O)N4CCN(c5ccc(-c6ncccn6)cc5)CC4)C3)cc12. The molecule has 2 amide bonds. The van der Waals surface area contributed by atoms with Crippen molar-refractivity contribution in [3.63, 3.8) is 0 Å². The van der Waals surface area contributed by atoms with E-state index < -0.39 is 0 Å².